The van der Waals surface area contributed by atoms with E-state index in [0.29, 0.717) is 6.42 Å². The Labute approximate surface area is 288 Å². The van der Waals surface area contributed by atoms with Gasteiger partial charge in [0.2, 0.25) is 0 Å². The Morgan fingerprint density at radius 3 is 2.48 bits per heavy atom. The normalized spacial score (nSPS) is 29.7. The van der Waals surface area contributed by atoms with Gasteiger partial charge in [0.15, 0.2) is 29.8 Å². The van der Waals surface area contributed by atoms with Gasteiger partial charge in [0.1, 0.15) is 36.6 Å². The number of hydrogen-bond acceptors (Lipinski definition) is 14. The Kier molecular flexibility index (Phi) is 14.4. The molecule has 16 heteroatoms. The van der Waals surface area contributed by atoms with E-state index in [1.165, 1.54) is 36.3 Å². The molecular formula is C34H44N4O12. The van der Waals surface area contributed by atoms with Crippen LogP contribution >= 0.6 is 0 Å². The topological polar surface area (TPSA) is 225 Å². The van der Waals surface area contributed by atoms with Crippen LogP contribution in [0.15, 0.2) is 78.2 Å². The molecule has 0 spiro atoms. The molecule has 50 heavy (non-hydrogen) atoms. The second-order valence-corrected chi connectivity index (χ2v) is 11.7. The Balaban J connectivity index is 1.27. The molecule has 4 heterocycles. The molecule has 16 nitrogen and oxygen atoms in total. The number of imidazole rings is 1. The summed E-state index contributed by atoms with van der Waals surface area (Å²) in [5, 5.41) is 42.4. The number of hydrogen-bond donors (Lipinski definition) is 5. The zero-order valence-electron chi connectivity index (χ0n) is 27.9. The lowest BCUT2D eigenvalue weighted by molar-refractivity contribution is -0.314. The summed E-state index contributed by atoms with van der Waals surface area (Å²) in [4.78, 5) is 47.0. The van der Waals surface area contributed by atoms with Gasteiger partial charge in [-0.15, -0.1) is 0 Å². The highest BCUT2D eigenvalue weighted by molar-refractivity contribution is 5.83. The molecular weight excluding hydrogens is 656 g/mol. The molecule has 4 rings (SSSR count). The lowest BCUT2D eigenvalue weighted by Gasteiger charge is -2.41. The number of esters is 2. The summed E-state index contributed by atoms with van der Waals surface area (Å²) in [6.45, 7) is 4.74. The number of aliphatic hydroxyl groups is 4. The van der Waals surface area contributed by atoms with E-state index in [1.54, 1.807) is 43.4 Å². The Morgan fingerprint density at radius 2 is 1.74 bits per heavy atom. The first kappa shape index (κ1) is 38.5. The van der Waals surface area contributed by atoms with E-state index in [0.717, 1.165) is 18.9 Å². The summed E-state index contributed by atoms with van der Waals surface area (Å²) in [6, 6.07) is 0. The number of aromatic nitrogens is 4. The van der Waals surface area contributed by atoms with E-state index in [-0.39, 0.29) is 11.2 Å². The molecule has 272 valence electrons. The van der Waals surface area contributed by atoms with E-state index in [9.17, 15) is 34.8 Å². The monoisotopic (exact) mass is 700 g/mol. The van der Waals surface area contributed by atoms with Gasteiger partial charge >= 0.3 is 11.9 Å². The Morgan fingerprint density at radius 1 is 1.00 bits per heavy atom. The van der Waals surface area contributed by atoms with Crippen LogP contribution in [0.25, 0.3) is 11.2 Å². The van der Waals surface area contributed by atoms with E-state index in [2.05, 4.69) is 21.9 Å². The molecule has 2 aromatic heterocycles. The van der Waals surface area contributed by atoms with Gasteiger partial charge in [0.25, 0.3) is 5.56 Å². The van der Waals surface area contributed by atoms with Crippen molar-refractivity contribution in [2.75, 3.05) is 6.61 Å². The summed E-state index contributed by atoms with van der Waals surface area (Å²) < 4.78 is 29.4. The zero-order chi connectivity index (χ0) is 36.2. The number of ether oxygens (including phenoxy) is 5. The third-order valence-electron chi connectivity index (χ3n) is 7.85. The Hall–Kier alpha value is -4.29. The van der Waals surface area contributed by atoms with Crippen molar-refractivity contribution >= 4 is 23.1 Å². The van der Waals surface area contributed by atoms with Gasteiger partial charge in [0, 0.05) is 12.2 Å². The number of aliphatic hydroxyl groups excluding tert-OH is 4. The number of rotatable bonds is 15. The van der Waals surface area contributed by atoms with Gasteiger partial charge in [-0.3, -0.25) is 9.36 Å². The number of aromatic amines is 1. The lowest BCUT2D eigenvalue weighted by Crippen LogP contribution is -2.59. The summed E-state index contributed by atoms with van der Waals surface area (Å²) in [6.07, 6.45) is 8.75. The summed E-state index contributed by atoms with van der Waals surface area (Å²) in [5.41, 5.74) is -0.378. The number of H-pyrrole nitrogens is 1. The summed E-state index contributed by atoms with van der Waals surface area (Å²) in [7, 11) is 0. The van der Waals surface area contributed by atoms with Crippen LogP contribution in [-0.4, -0.2) is 114 Å². The van der Waals surface area contributed by atoms with Crippen LogP contribution in [-0.2, 0) is 33.3 Å². The molecule has 2 fully saturated rings. The largest absolute Gasteiger partial charge is 0.455 e. The minimum Gasteiger partial charge on any atom is -0.455 e. The smallest absolute Gasteiger partial charge is 0.331 e. The van der Waals surface area contributed by atoms with Gasteiger partial charge < -0.3 is 49.1 Å². The van der Waals surface area contributed by atoms with Crippen molar-refractivity contribution in [3.8, 4) is 0 Å². The number of allylic oxidation sites excluding steroid dienone is 7. The summed E-state index contributed by atoms with van der Waals surface area (Å²) >= 11 is 0. The van der Waals surface area contributed by atoms with Crippen LogP contribution in [0.1, 0.15) is 46.3 Å². The SMILES string of the molecule is CCC/C=C/C=C/C(=O)OC(C)/C=C\C/C=C/C=C\C(=O)O[C@@H]1C(C)O[C@@H](OC2C(O)[C@@H](CO)O[C@H]2n2cnc3c(=O)[nH]cnc32)C(O)C1O. The van der Waals surface area contributed by atoms with Crippen LogP contribution in [0.4, 0.5) is 0 Å². The molecule has 10 atom stereocenters. The van der Waals surface area contributed by atoms with Crippen molar-refractivity contribution in [3.63, 3.8) is 0 Å². The van der Waals surface area contributed by atoms with Crippen LogP contribution in [0.2, 0.25) is 0 Å². The Bertz CT molecular complexity index is 1630. The van der Waals surface area contributed by atoms with Crippen molar-refractivity contribution in [1.82, 2.24) is 19.5 Å². The first-order valence-electron chi connectivity index (χ1n) is 16.3. The molecule has 2 aromatic rings. The fourth-order valence-corrected chi connectivity index (χ4v) is 5.28. The first-order valence-corrected chi connectivity index (χ1v) is 16.3. The average molecular weight is 701 g/mol. The van der Waals surface area contributed by atoms with Crippen LogP contribution in [0, 0.1) is 0 Å². The maximum Gasteiger partial charge on any atom is 0.331 e. The molecule has 0 aliphatic carbocycles. The number of carbonyl (C=O) groups is 2. The quantitative estimate of drug-likeness (QED) is 0.0758. The molecule has 0 aromatic carbocycles. The van der Waals surface area contributed by atoms with Crippen LogP contribution < -0.4 is 5.56 Å². The number of carbonyl (C=O) groups excluding carboxylic acids is 2. The van der Waals surface area contributed by atoms with Gasteiger partial charge in [-0.25, -0.2) is 19.6 Å². The third-order valence-corrected chi connectivity index (χ3v) is 7.85. The first-order chi connectivity index (χ1) is 24.0. The van der Waals surface area contributed by atoms with Crippen LogP contribution in [0.3, 0.4) is 0 Å². The number of unbranched alkanes of at least 4 members (excludes halogenated alkanes) is 1. The average Bonchev–Trinajstić information content (AvgIpc) is 3.66. The fourth-order valence-electron chi connectivity index (χ4n) is 5.28. The highest BCUT2D eigenvalue weighted by Gasteiger charge is 2.51. The van der Waals surface area contributed by atoms with Crippen molar-refractivity contribution in [2.45, 2.75) is 101 Å². The molecule has 0 bridgehead atoms. The van der Waals surface area contributed by atoms with E-state index in [4.69, 9.17) is 23.7 Å². The lowest BCUT2D eigenvalue weighted by atomic mass is 9.99. The molecule has 2 aliphatic heterocycles. The predicted octanol–water partition coefficient (Wildman–Crippen LogP) is 1.04. The van der Waals surface area contributed by atoms with Crippen molar-refractivity contribution in [2.24, 2.45) is 0 Å². The number of fused-ring (bicyclic) bond motifs is 1. The molecule has 0 saturated carbocycles. The third kappa shape index (κ3) is 9.91. The minimum absolute atomic E-state index is 0.00465. The summed E-state index contributed by atoms with van der Waals surface area (Å²) in [5.74, 6) is -1.24. The number of nitrogens with one attached hydrogen (secondary N) is 1. The minimum atomic E-state index is -1.72. The zero-order valence-corrected chi connectivity index (χ0v) is 27.9. The number of nitrogens with zero attached hydrogens (tertiary/aromatic N) is 3. The van der Waals surface area contributed by atoms with Gasteiger partial charge in [0.05, 0.1) is 25.4 Å². The standard InChI is InChI=1S/C34H44N4O12/c1-4-5-6-8-12-15-23(40)46-20(2)14-11-9-7-10-13-16-24(41)49-29-21(3)47-34(28(44)27(29)43)50-30-26(42)22(17-39)48-33(30)38-19-37-25-31(38)35-18-36-32(25)45/h6-8,10-16,18-22,26-30,33-34,39,42-44H,4-5,9,17H2,1-3H3,(H,35,36,45)/b8-6+,10-7+,14-11-,15-12+,16-13-/t20?,21?,22-,26?,27?,28?,29-,30?,33-,34+/m1/s1. The van der Waals surface area contributed by atoms with Crippen molar-refractivity contribution in [1.29, 1.82) is 0 Å². The second-order valence-electron chi connectivity index (χ2n) is 11.7. The molecule has 5 N–H and O–H groups in total. The molecule has 6 unspecified atom stereocenters. The maximum atomic E-state index is 12.5. The van der Waals surface area contributed by atoms with Gasteiger partial charge in [-0.1, -0.05) is 55.9 Å². The van der Waals surface area contributed by atoms with Crippen molar-refractivity contribution < 1.29 is 53.7 Å². The predicted molar refractivity (Wildman–Crippen MR) is 177 cm³/mol. The fraction of sp³-hybridized carbons (Fsp3) is 0.500. The van der Waals surface area contributed by atoms with E-state index < -0.39 is 85.5 Å². The van der Waals surface area contributed by atoms with Gasteiger partial charge in [-0.05, 0) is 32.8 Å². The highest BCUT2D eigenvalue weighted by atomic mass is 16.7. The molecule has 0 amide bonds. The van der Waals surface area contributed by atoms with E-state index in [1.807, 2.05) is 6.08 Å². The van der Waals surface area contributed by atoms with Crippen molar-refractivity contribution in [3.05, 3.63) is 83.8 Å². The second kappa shape index (κ2) is 18.6. The van der Waals surface area contributed by atoms with E-state index >= 15 is 0 Å². The molecule has 2 saturated heterocycles. The maximum absolute atomic E-state index is 12.5. The highest BCUT2D eigenvalue weighted by Crippen LogP contribution is 2.36. The van der Waals surface area contributed by atoms with Gasteiger partial charge in [-0.2, -0.15) is 0 Å². The van der Waals surface area contributed by atoms with Crippen LogP contribution in [0.5, 0.6) is 0 Å². The molecule has 0 radical (unpaired) electrons. The molecule has 2 aliphatic rings.